The topological polar surface area (TPSA) is 26.3 Å². The van der Waals surface area contributed by atoms with Crippen LogP contribution in [0.5, 0.6) is 0 Å². The second kappa shape index (κ2) is 17.5. The summed E-state index contributed by atoms with van der Waals surface area (Å²) in [4.78, 5) is 0. The molecule has 17 aromatic rings. The van der Waals surface area contributed by atoms with Gasteiger partial charge in [0.2, 0.25) is 0 Å². The number of hydrogen-bond donors (Lipinski definition) is 0. The van der Waals surface area contributed by atoms with Gasteiger partial charge in [-0.2, -0.15) is 0 Å². The zero-order chi connectivity index (χ0) is 52.4. The van der Waals surface area contributed by atoms with Crippen molar-refractivity contribution in [1.29, 1.82) is 0 Å². The maximum absolute atomic E-state index is 6.51. The molecule has 2 aromatic heterocycles. The Morgan fingerprint density at radius 1 is 0.163 bits per heavy atom. The molecule has 0 unspecified atom stereocenters. The monoisotopic (exact) mass is 1010 g/mol. The van der Waals surface area contributed by atoms with Gasteiger partial charge in [0.25, 0.3) is 0 Å². The standard InChI is InChI=1S/C78H46O2/c1-2-18-55-47(16-1)17-15-29-61(55)78-67-28-10-7-25-64(67)76(54-37-39-59-57-20-11-13-30-71(57)80-74(59)46-54)68-40-36-51(44-70(68)78)49-32-33-50-43-52(35-34-48(50)42-49)56-19-3-4-22-60(56)77-65-26-8-5-23-62(65)75(63-24-6-9-27-66(63)77)53-38-41-73-69(45-53)58-21-12-14-31-72(58)79-73/h1-46H. The average molecular weight is 1020 g/mol. The Hall–Kier alpha value is -10.5. The molecule has 0 N–H and O–H groups in total. The molecule has 2 heterocycles. The summed E-state index contributed by atoms with van der Waals surface area (Å²) in [6, 6.07) is 102. The highest BCUT2D eigenvalue weighted by Crippen LogP contribution is 2.50. The Kier molecular flexibility index (Phi) is 9.75. The fourth-order valence-corrected chi connectivity index (χ4v) is 13.4. The lowest BCUT2D eigenvalue weighted by Crippen LogP contribution is -1.93. The predicted octanol–water partition coefficient (Wildman–Crippen LogP) is 22.4. The van der Waals surface area contributed by atoms with Crippen LogP contribution in [-0.2, 0) is 0 Å². The largest absolute Gasteiger partial charge is 0.456 e. The van der Waals surface area contributed by atoms with Crippen LogP contribution in [0.3, 0.4) is 0 Å². The van der Waals surface area contributed by atoms with E-state index in [0.717, 1.165) is 49.4 Å². The Morgan fingerprint density at radius 3 is 1.24 bits per heavy atom. The second-order valence-electron chi connectivity index (χ2n) is 21.4. The van der Waals surface area contributed by atoms with E-state index in [1.807, 2.05) is 12.1 Å². The summed E-state index contributed by atoms with van der Waals surface area (Å²) in [5.41, 5.74) is 18.0. The summed E-state index contributed by atoms with van der Waals surface area (Å²) in [6.07, 6.45) is 0. The van der Waals surface area contributed by atoms with Crippen molar-refractivity contribution in [3.63, 3.8) is 0 Å². The lowest BCUT2D eigenvalue weighted by molar-refractivity contribution is 0.668. The van der Waals surface area contributed by atoms with Crippen molar-refractivity contribution in [1.82, 2.24) is 0 Å². The van der Waals surface area contributed by atoms with Gasteiger partial charge in [0.1, 0.15) is 22.3 Å². The van der Waals surface area contributed by atoms with Crippen LogP contribution in [0.4, 0.5) is 0 Å². The maximum atomic E-state index is 6.51. The third kappa shape index (κ3) is 6.79. The fraction of sp³-hybridized carbons (Fsp3) is 0. The molecule has 17 rings (SSSR count). The van der Waals surface area contributed by atoms with Gasteiger partial charge < -0.3 is 8.83 Å². The predicted molar refractivity (Wildman–Crippen MR) is 339 cm³/mol. The first-order chi connectivity index (χ1) is 39.7. The van der Waals surface area contributed by atoms with Crippen molar-refractivity contribution in [3.8, 4) is 66.8 Å². The molecule has 0 saturated heterocycles. The molecule has 0 atom stereocenters. The van der Waals surface area contributed by atoms with E-state index < -0.39 is 0 Å². The van der Waals surface area contributed by atoms with Gasteiger partial charge in [-0.3, -0.25) is 0 Å². The molecule has 0 spiro atoms. The highest BCUT2D eigenvalue weighted by Gasteiger charge is 2.23. The minimum Gasteiger partial charge on any atom is -0.456 e. The Labute approximate surface area is 460 Å². The Balaban J connectivity index is 0.811. The summed E-state index contributed by atoms with van der Waals surface area (Å²) in [6.45, 7) is 0. The molecule has 0 aliphatic rings. The van der Waals surface area contributed by atoms with Gasteiger partial charge in [0.15, 0.2) is 0 Å². The van der Waals surface area contributed by atoms with E-state index in [1.165, 1.54) is 126 Å². The van der Waals surface area contributed by atoms with Gasteiger partial charge in [-0.1, -0.05) is 224 Å². The molecule has 15 aromatic carbocycles. The van der Waals surface area contributed by atoms with E-state index in [9.17, 15) is 0 Å². The molecule has 370 valence electrons. The zero-order valence-corrected chi connectivity index (χ0v) is 43.4. The van der Waals surface area contributed by atoms with Crippen molar-refractivity contribution in [2.75, 3.05) is 0 Å². The highest BCUT2D eigenvalue weighted by atomic mass is 16.3. The van der Waals surface area contributed by atoms with Crippen LogP contribution in [0.15, 0.2) is 288 Å². The molecule has 0 bridgehead atoms. The normalized spacial score (nSPS) is 12.0. The molecule has 0 aliphatic carbocycles. The van der Waals surface area contributed by atoms with Crippen molar-refractivity contribution in [2.24, 2.45) is 0 Å². The summed E-state index contributed by atoms with van der Waals surface area (Å²) in [7, 11) is 0. The van der Waals surface area contributed by atoms with Crippen LogP contribution in [0.25, 0.3) is 175 Å². The van der Waals surface area contributed by atoms with Crippen LogP contribution in [0, 0.1) is 0 Å². The van der Waals surface area contributed by atoms with Crippen molar-refractivity contribution in [2.45, 2.75) is 0 Å². The van der Waals surface area contributed by atoms with Gasteiger partial charge in [0, 0.05) is 21.5 Å². The smallest absolute Gasteiger partial charge is 0.136 e. The molecule has 0 saturated carbocycles. The zero-order valence-electron chi connectivity index (χ0n) is 43.4. The van der Waals surface area contributed by atoms with E-state index >= 15 is 0 Å². The maximum Gasteiger partial charge on any atom is 0.136 e. The number of rotatable bonds is 6. The van der Waals surface area contributed by atoms with Gasteiger partial charge in [-0.15, -0.1) is 0 Å². The quantitative estimate of drug-likeness (QED) is 0.155. The second-order valence-corrected chi connectivity index (χ2v) is 21.4. The van der Waals surface area contributed by atoms with E-state index in [2.05, 4.69) is 267 Å². The first kappa shape index (κ1) is 44.6. The van der Waals surface area contributed by atoms with Gasteiger partial charge in [-0.05, 0) is 186 Å². The number of hydrogen-bond acceptors (Lipinski definition) is 2. The summed E-state index contributed by atoms with van der Waals surface area (Å²) >= 11 is 0. The third-order valence-electron chi connectivity index (χ3n) is 17.0. The van der Waals surface area contributed by atoms with E-state index in [4.69, 9.17) is 8.83 Å². The van der Waals surface area contributed by atoms with Crippen molar-refractivity contribution in [3.05, 3.63) is 279 Å². The molecule has 2 nitrogen and oxygen atoms in total. The summed E-state index contributed by atoms with van der Waals surface area (Å²) < 4.78 is 12.8. The first-order valence-electron chi connectivity index (χ1n) is 27.5. The van der Waals surface area contributed by atoms with Crippen molar-refractivity contribution < 1.29 is 8.83 Å². The third-order valence-corrected chi connectivity index (χ3v) is 17.0. The number of furan rings is 2. The van der Waals surface area contributed by atoms with Crippen LogP contribution in [-0.4, -0.2) is 0 Å². The van der Waals surface area contributed by atoms with Crippen molar-refractivity contribution >= 4 is 109 Å². The molecule has 2 heteroatoms. The first-order valence-corrected chi connectivity index (χ1v) is 27.5. The van der Waals surface area contributed by atoms with E-state index in [1.54, 1.807) is 0 Å². The minimum absolute atomic E-state index is 0.893. The van der Waals surface area contributed by atoms with E-state index in [0.29, 0.717) is 0 Å². The van der Waals surface area contributed by atoms with Gasteiger partial charge in [-0.25, -0.2) is 0 Å². The van der Waals surface area contributed by atoms with Crippen LogP contribution >= 0.6 is 0 Å². The molecule has 0 amide bonds. The summed E-state index contributed by atoms with van der Waals surface area (Å²) in [5, 5.41) is 19.1. The Bertz CT molecular complexity index is 5380. The molecule has 0 aliphatic heterocycles. The van der Waals surface area contributed by atoms with Crippen LogP contribution in [0.1, 0.15) is 0 Å². The van der Waals surface area contributed by atoms with E-state index in [-0.39, 0.29) is 0 Å². The van der Waals surface area contributed by atoms with Gasteiger partial charge >= 0.3 is 0 Å². The molecular weight excluding hydrogens is 969 g/mol. The average Bonchev–Trinajstić information content (AvgIpc) is 4.12. The van der Waals surface area contributed by atoms with Crippen LogP contribution < -0.4 is 0 Å². The number of benzene rings is 15. The fourth-order valence-electron chi connectivity index (χ4n) is 13.4. The number of para-hydroxylation sites is 2. The summed E-state index contributed by atoms with van der Waals surface area (Å²) in [5.74, 6) is 0. The minimum atomic E-state index is 0.893. The SMILES string of the molecule is c1ccc(-c2c3ccccc3c(-c3ccc4oc5ccccc5c4c3)c3ccccc23)c(-c2ccc3cc(-c4ccc5c(-c6ccc7c(c6)oc6ccccc67)c6ccccc6c(-c6cccc7ccccc67)c5c4)ccc3c2)c1. The highest BCUT2D eigenvalue weighted by molar-refractivity contribution is 6.26. The Morgan fingerprint density at radius 2 is 0.550 bits per heavy atom. The lowest BCUT2D eigenvalue weighted by Gasteiger charge is -2.20. The molecule has 0 radical (unpaired) electrons. The molecular formula is C78H46O2. The lowest BCUT2D eigenvalue weighted by atomic mass is 9.83. The van der Waals surface area contributed by atoms with Gasteiger partial charge in [0.05, 0.1) is 0 Å². The number of fused-ring (bicyclic) bond motifs is 12. The molecule has 0 fully saturated rings. The van der Waals surface area contributed by atoms with Crippen LogP contribution in [0.2, 0.25) is 0 Å². The molecule has 80 heavy (non-hydrogen) atoms.